The van der Waals surface area contributed by atoms with Gasteiger partial charge in [-0.2, -0.15) is 8.78 Å². The van der Waals surface area contributed by atoms with E-state index in [0.29, 0.717) is 18.6 Å². The van der Waals surface area contributed by atoms with E-state index < -0.39 is 19.0 Å². The minimum Gasteiger partial charge on any atom is -0.378 e. The number of ether oxygens (including phenoxy) is 2. The monoisotopic (exact) mass is 299 g/mol. The lowest BCUT2D eigenvalue weighted by atomic mass is 9.88. The molecule has 0 unspecified atom stereocenters. The van der Waals surface area contributed by atoms with Crippen molar-refractivity contribution in [2.24, 2.45) is 5.92 Å². The molecule has 0 aromatic rings. The van der Waals surface area contributed by atoms with Gasteiger partial charge < -0.3 is 14.4 Å². The van der Waals surface area contributed by atoms with Crippen molar-refractivity contribution in [3.05, 3.63) is 0 Å². The summed E-state index contributed by atoms with van der Waals surface area (Å²) in [4.78, 5) is 2.14. The zero-order chi connectivity index (χ0) is 14.6. The molecule has 0 radical (unpaired) electrons. The van der Waals surface area contributed by atoms with Crippen LogP contribution in [0.5, 0.6) is 0 Å². The van der Waals surface area contributed by atoms with Crippen LogP contribution in [0.2, 0.25) is 0 Å². The van der Waals surface area contributed by atoms with Gasteiger partial charge in [-0.1, -0.05) is 0 Å². The topological polar surface area (TPSA) is 21.7 Å². The van der Waals surface area contributed by atoms with Gasteiger partial charge >= 0.3 is 12.3 Å². The van der Waals surface area contributed by atoms with Gasteiger partial charge in [-0.25, -0.2) is 8.78 Å². The van der Waals surface area contributed by atoms with Gasteiger partial charge in [0.15, 0.2) is 0 Å². The number of fused-ring (bicyclic) bond motifs is 1. The average molecular weight is 299 g/mol. The summed E-state index contributed by atoms with van der Waals surface area (Å²) in [7, 11) is 0. The first-order chi connectivity index (χ1) is 9.49. The van der Waals surface area contributed by atoms with E-state index in [1.807, 2.05) is 0 Å². The molecular weight excluding hydrogens is 278 g/mol. The molecule has 20 heavy (non-hydrogen) atoms. The normalized spacial score (nSPS) is 28.6. The minimum absolute atomic E-state index is 0.0561. The largest absolute Gasteiger partial charge is 0.378 e. The summed E-state index contributed by atoms with van der Waals surface area (Å²) in [6.07, 6.45) is -0.211. The predicted molar refractivity (Wildman–Crippen MR) is 65.3 cm³/mol. The standard InChI is InChI=1S/C13H21F4NO2/c14-12(15)13(16,17)9-19-7-5-18-4-3-11-10(8-18)2-1-6-20-11/h10-12H,1-9H2/t10-,11+/m1/s1. The van der Waals surface area contributed by atoms with E-state index in [1.54, 1.807) is 0 Å². The Bertz CT molecular complexity index is 304. The van der Waals surface area contributed by atoms with E-state index in [4.69, 9.17) is 9.47 Å². The summed E-state index contributed by atoms with van der Waals surface area (Å²) >= 11 is 0. The SMILES string of the molecule is FC(F)C(F)(F)COCCN1CC[C@@H]2OCCC[C@@H]2C1. The van der Waals surface area contributed by atoms with Crippen LogP contribution < -0.4 is 0 Å². The second-order valence-electron chi connectivity index (χ2n) is 5.52. The van der Waals surface area contributed by atoms with E-state index in [1.165, 1.54) is 0 Å². The van der Waals surface area contributed by atoms with Crippen molar-refractivity contribution in [3.63, 3.8) is 0 Å². The molecule has 2 fully saturated rings. The van der Waals surface area contributed by atoms with Crippen molar-refractivity contribution in [3.8, 4) is 0 Å². The molecule has 0 saturated carbocycles. The van der Waals surface area contributed by atoms with Crippen LogP contribution in [0.15, 0.2) is 0 Å². The highest BCUT2D eigenvalue weighted by atomic mass is 19.3. The third kappa shape index (κ3) is 4.30. The lowest BCUT2D eigenvalue weighted by molar-refractivity contribution is -0.167. The summed E-state index contributed by atoms with van der Waals surface area (Å²) < 4.78 is 59.5. The zero-order valence-corrected chi connectivity index (χ0v) is 11.4. The van der Waals surface area contributed by atoms with Crippen LogP contribution in [0, 0.1) is 5.92 Å². The fraction of sp³-hybridized carbons (Fsp3) is 1.00. The number of likely N-dealkylation sites (tertiary alicyclic amines) is 1. The zero-order valence-electron chi connectivity index (χ0n) is 11.4. The van der Waals surface area contributed by atoms with Crippen molar-refractivity contribution in [2.75, 3.05) is 39.5 Å². The highest BCUT2D eigenvalue weighted by Crippen LogP contribution is 2.28. The number of hydrogen-bond acceptors (Lipinski definition) is 3. The van der Waals surface area contributed by atoms with Crippen molar-refractivity contribution in [2.45, 2.75) is 37.7 Å². The van der Waals surface area contributed by atoms with Gasteiger partial charge in [0.2, 0.25) is 0 Å². The van der Waals surface area contributed by atoms with Gasteiger partial charge in [0, 0.05) is 26.2 Å². The molecule has 0 amide bonds. The minimum atomic E-state index is -4.05. The number of hydrogen-bond donors (Lipinski definition) is 0. The molecule has 2 aliphatic heterocycles. The molecule has 2 atom stereocenters. The van der Waals surface area contributed by atoms with Gasteiger partial charge in [-0.3, -0.25) is 0 Å². The summed E-state index contributed by atoms with van der Waals surface area (Å²) in [6, 6.07) is 0. The van der Waals surface area contributed by atoms with Gasteiger partial charge in [-0.05, 0) is 25.2 Å². The second kappa shape index (κ2) is 7.04. The van der Waals surface area contributed by atoms with Crippen LogP contribution in [-0.2, 0) is 9.47 Å². The van der Waals surface area contributed by atoms with Crippen molar-refractivity contribution >= 4 is 0 Å². The molecule has 2 aliphatic rings. The van der Waals surface area contributed by atoms with Crippen LogP contribution in [-0.4, -0.2) is 62.8 Å². The molecule has 0 aliphatic carbocycles. The van der Waals surface area contributed by atoms with Crippen LogP contribution in [0.1, 0.15) is 19.3 Å². The Balaban J connectivity index is 1.63. The smallest absolute Gasteiger partial charge is 0.330 e. The Hall–Kier alpha value is -0.400. The maximum Gasteiger partial charge on any atom is 0.330 e. The first-order valence-electron chi connectivity index (χ1n) is 7.07. The summed E-state index contributed by atoms with van der Waals surface area (Å²) in [5.41, 5.74) is 0. The highest BCUT2D eigenvalue weighted by molar-refractivity contribution is 4.83. The molecule has 0 bridgehead atoms. The maximum absolute atomic E-state index is 12.6. The van der Waals surface area contributed by atoms with Gasteiger partial charge in [-0.15, -0.1) is 0 Å². The highest BCUT2D eigenvalue weighted by Gasteiger charge is 2.41. The molecule has 2 rings (SSSR count). The molecule has 0 N–H and O–H groups in total. The fourth-order valence-corrected chi connectivity index (χ4v) is 2.83. The Labute approximate surface area is 116 Å². The van der Waals surface area contributed by atoms with E-state index in [-0.39, 0.29) is 6.61 Å². The molecule has 2 heterocycles. The van der Waals surface area contributed by atoms with Crippen molar-refractivity contribution in [1.82, 2.24) is 4.90 Å². The Morgan fingerprint density at radius 1 is 1.30 bits per heavy atom. The number of rotatable bonds is 6. The molecule has 3 nitrogen and oxygen atoms in total. The third-order valence-corrected chi connectivity index (χ3v) is 3.97. The Kier molecular flexibility index (Phi) is 5.63. The molecule has 7 heteroatoms. The molecule has 0 aromatic carbocycles. The van der Waals surface area contributed by atoms with Crippen LogP contribution >= 0.6 is 0 Å². The van der Waals surface area contributed by atoms with Crippen LogP contribution in [0.4, 0.5) is 17.6 Å². The lowest BCUT2D eigenvalue weighted by Gasteiger charge is -2.41. The molecule has 0 spiro atoms. The quantitative estimate of drug-likeness (QED) is 0.555. The number of nitrogens with zero attached hydrogens (tertiary/aromatic N) is 1. The van der Waals surface area contributed by atoms with Gasteiger partial charge in [0.1, 0.15) is 6.61 Å². The van der Waals surface area contributed by atoms with E-state index in [9.17, 15) is 17.6 Å². The lowest BCUT2D eigenvalue weighted by Crippen LogP contribution is -2.47. The molecule has 0 aromatic heterocycles. The van der Waals surface area contributed by atoms with E-state index in [0.717, 1.165) is 39.0 Å². The van der Waals surface area contributed by atoms with Crippen LogP contribution in [0.25, 0.3) is 0 Å². The number of halogens is 4. The first kappa shape index (κ1) is 16.0. The van der Waals surface area contributed by atoms with Gasteiger partial charge in [0.05, 0.1) is 12.7 Å². The third-order valence-electron chi connectivity index (χ3n) is 3.97. The number of alkyl halides is 4. The first-order valence-corrected chi connectivity index (χ1v) is 7.07. The Morgan fingerprint density at radius 3 is 2.85 bits per heavy atom. The molecule has 118 valence electrons. The summed E-state index contributed by atoms with van der Waals surface area (Å²) in [6.45, 7) is 1.89. The van der Waals surface area contributed by atoms with Gasteiger partial charge in [0.25, 0.3) is 0 Å². The Morgan fingerprint density at radius 2 is 2.10 bits per heavy atom. The van der Waals surface area contributed by atoms with E-state index >= 15 is 0 Å². The van der Waals surface area contributed by atoms with E-state index in [2.05, 4.69) is 4.90 Å². The maximum atomic E-state index is 12.6. The molecular formula is C13H21F4NO2. The van der Waals surface area contributed by atoms with Crippen molar-refractivity contribution in [1.29, 1.82) is 0 Å². The average Bonchev–Trinajstić information content (AvgIpc) is 2.43. The summed E-state index contributed by atoms with van der Waals surface area (Å²) in [5, 5.41) is 0. The molecule has 2 saturated heterocycles. The second-order valence-corrected chi connectivity index (χ2v) is 5.52. The van der Waals surface area contributed by atoms with Crippen molar-refractivity contribution < 1.29 is 27.0 Å². The number of piperidine rings is 1. The van der Waals surface area contributed by atoms with Crippen LogP contribution in [0.3, 0.4) is 0 Å². The summed E-state index contributed by atoms with van der Waals surface area (Å²) in [5.74, 6) is -3.55. The predicted octanol–water partition coefficient (Wildman–Crippen LogP) is 2.40. The fourth-order valence-electron chi connectivity index (χ4n) is 2.83.